The molecule has 1 N–H and O–H groups in total. The van der Waals surface area contributed by atoms with Gasteiger partial charge in [-0.15, -0.1) is 10.2 Å². The maximum absolute atomic E-state index is 12.4. The van der Waals surface area contributed by atoms with Crippen molar-refractivity contribution in [3.05, 3.63) is 30.3 Å². The smallest absolute Gasteiger partial charge is 0.220 e. The molecule has 4 rings (SSSR count). The number of carbonyl (C=O) groups is 1. The van der Waals surface area contributed by atoms with E-state index in [9.17, 15) is 4.79 Å². The molecule has 1 amide bonds. The Hall–Kier alpha value is -1.93. The van der Waals surface area contributed by atoms with E-state index in [1.54, 1.807) is 4.80 Å². The molecule has 7 nitrogen and oxygen atoms in total. The zero-order valence-electron chi connectivity index (χ0n) is 16.9. The van der Waals surface area contributed by atoms with Crippen LogP contribution < -0.4 is 5.32 Å². The number of thioether (sulfide) groups is 1. The van der Waals surface area contributed by atoms with Gasteiger partial charge in [-0.2, -0.15) is 16.6 Å². The number of aryl methyl sites for hydroxylation is 1. The Labute approximate surface area is 176 Å². The van der Waals surface area contributed by atoms with E-state index in [1.165, 1.54) is 37.2 Å². The molecule has 1 aliphatic heterocycles. The van der Waals surface area contributed by atoms with Crippen LogP contribution in [0.15, 0.2) is 30.3 Å². The van der Waals surface area contributed by atoms with Gasteiger partial charge in [-0.25, -0.2) is 0 Å². The molecule has 0 spiro atoms. The van der Waals surface area contributed by atoms with E-state index < -0.39 is 0 Å². The predicted molar refractivity (Wildman–Crippen MR) is 116 cm³/mol. The summed E-state index contributed by atoms with van der Waals surface area (Å²) in [6, 6.07) is 9.82. The number of carbonyl (C=O) groups excluding carboxylic acids is 1. The summed E-state index contributed by atoms with van der Waals surface area (Å²) in [5.41, 5.74) is 1.14. The number of benzene rings is 1. The van der Waals surface area contributed by atoms with Gasteiger partial charge in [0.15, 0.2) is 0 Å². The molecule has 8 heteroatoms. The van der Waals surface area contributed by atoms with Crippen LogP contribution in [-0.4, -0.2) is 67.7 Å². The fourth-order valence-electron chi connectivity index (χ4n) is 4.45. The number of aromatic nitrogens is 4. The summed E-state index contributed by atoms with van der Waals surface area (Å²) in [7, 11) is 0. The fraction of sp³-hybridized carbons (Fsp3) is 0.619. The first-order valence-electron chi connectivity index (χ1n) is 10.7. The van der Waals surface area contributed by atoms with Crippen LogP contribution in [0.2, 0.25) is 0 Å². The molecule has 1 aliphatic carbocycles. The normalized spacial score (nSPS) is 19.3. The van der Waals surface area contributed by atoms with Gasteiger partial charge < -0.3 is 5.32 Å². The number of nitrogens with one attached hydrogen (secondary N) is 1. The molecule has 1 aromatic heterocycles. The summed E-state index contributed by atoms with van der Waals surface area (Å²) in [5, 5.41) is 15.9. The molecule has 2 heterocycles. The van der Waals surface area contributed by atoms with Gasteiger partial charge in [-0.1, -0.05) is 43.2 Å². The summed E-state index contributed by atoms with van der Waals surface area (Å²) < 4.78 is 0. The van der Waals surface area contributed by atoms with Crippen LogP contribution in [0, 0.1) is 0 Å². The summed E-state index contributed by atoms with van der Waals surface area (Å²) in [4.78, 5) is 16.7. The first kappa shape index (κ1) is 20.3. The molecule has 29 heavy (non-hydrogen) atoms. The molecule has 2 aromatic rings. The Morgan fingerprint density at radius 3 is 2.66 bits per heavy atom. The van der Waals surface area contributed by atoms with E-state index in [2.05, 4.69) is 25.6 Å². The fourth-order valence-corrected chi connectivity index (χ4v) is 5.35. The largest absolute Gasteiger partial charge is 0.354 e. The lowest BCUT2D eigenvalue weighted by Crippen LogP contribution is -2.56. The Bertz CT molecular complexity index is 783. The van der Waals surface area contributed by atoms with Crippen LogP contribution in [0.4, 0.5) is 0 Å². The first-order chi connectivity index (χ1) is 14.3. The van der Waals surface area contributed by atoms with E-state index in [0.29, 0.717) is 25.2 Å². The number of nitrogens with zero attached hydrogens (tertiary/aromatic N) is 5. The van der Waals surface area contributed by atoms with Gasteiger partial charge in [0.2, 0.25) is 11.7 Å². The predicted octanol–water partition coefficient (Wildman–Crippen LogP) is 2.60. The molecule has 1 aromatic carbocycles. The standard InChI is InChI=1S/C21H30N6OS/c28-19(22-17-21(10-4-5-11-21)26-13-15-29-16-14-26)9-6-12-27-24-20(23-25-27)18-7-2-1-3-8-18/h1-3,7-8H,4-6,9-17H2,(H,22,28). The third-order valence-corrected chi connectivity index (χ3v) is 7.02. The van der Waals surface area contributed by atoms with Crippen LogP contribution in [0.3, 0.4) is 0 Å². The van der Waals surface area contributed by atoms with Crippen molar-refractivity contribution >= 4 is 17.7 Å². The second-order valence-corrected chi connectivity index (χ2v) is 9.21. The van der Waals surface area contributed by atoms with Crippen molar-refractivity contribution in [2.24, 2.45) is 0 Å². The molecule has 2 fully saturated rings. The SMILES string of the molecule is O=C(CCCn1nnc(-c2ccccc2)n1)NCC1(N2CCSCC2)CCCC1. The summed E-state index contributed by atoms with van der Waals surface area (Å²) in [6.07, 6.45) is 6.19. The van der Waals surface area contributed by atoms with E-state index in [1.807, 2.05) is 42.1 Å². The van der Waals surface area contributed by atoms with Gasteiger partial charge in [-0.05, 0) is 24.5 Å². The van der Waals surface area contributed by atoms with E-state index in [-0.39, 0.29) is 11.4 Å². The highest BCUT2D eigenvalue weighted by Crippen LogP contribution is 2.36. The minimum atomic E-state index is 0.131. The minimum Gasteiger partial charge on any atom is -0.354 e. The molecule has 2 aliphatic rings. The van der Waals surface area contributed by atoms with Crippen LogP contribution >= 0.6 is 11.8 Å². The highest BCUT2D eigenvalue weighted by Gasteiger charge is 2.40. The van der Waals surface area contributed by atoms with Crippen molar-refractivity contribution in [3.63, 3.8) is 0 Å². The molecule has 1 saturated carbocycles. The molecular formula is C21H30N6OS. The Kier molecular flexibility index (Phi) is 6.82. The number of hydrogen-bond donors (Lipinski definition) is 1. The topological polar surface area (TPSA) is 75.9 Å². The average molecular weight is 415 g/mol. The van der Waals surface area contributed by atoms with Gasteiger partial charge in [0.25, 0.3) is 0 Å². The highest BCUT2D eigenvalue weighted by atomic mass is 32.2. The van der Waals surface area contributed by atoms with E-state index in [0.717, 1.165) is 25.2 Å². The van der Waals surface area contributed by atoms with Crippen LogP contribution in [-0.2, 0) is 11.3 Å². The highest BCUT2D eigenvalue weighted by molar-refractivity contribution is 7.99. The third-order valence-electron chi connectivity index (χ3n) is 6.08. The van der Waals surface area contributed by atoms with Crippen molar-refractivity contribution in [2.45, 2.75) is 50.6 Å². The number of tetrazole rings is 1. The third kappa shape index (κ3) is 5.17. The monoisotopic (exact) mass is 414 g/mol. The lowest BCUT2D eigenvalue weighted by molar-refractivity contribution is -0.122. The lowest BCUT2D eigenvalue weighted by Gasteiger charge is -2.43. The van der Waals surface area contributed by atoms with E-state index in [4.69, 9.17) is 0 Å². The quantitative estimate of drug-likeness (QED) is 0.716. The Balaban J connectivity index is 1.22. The van der Waals surface area contributed by atoms with E-state index >= 15 is 0 Å². The molecule has 1 saturated heterocycles. The first-order valence-corrected chi connectivity index (χ1v) is 11.8. The molecule has 0 radical (unpaired) electrons. The lowest BCUT2D eigenvalue weighted by atomic mass is 9.94. The van der Waals surface area contributed by atoms with Crippen molar-refractivity contribution < 1.29 is 4.79 Å². The second-order valence-electron chi connectivity index (χ2n) is 7.99. The van der Waals surface area contributed by atoms with Crippen LogP contribution in [0.25, 0.3) is 11.4 Å². The van der Waals surface area contributed by atoms with Gasteiger partial charge >= 0.3 is 0 Å². The summed E-state index contributed by atoms with van der Waals surface area (Å²) in [5.74, 6) is 3.18. The molecule has 0 bridgehead atoms. The number of hydrogen-bond acceptors (Lipinski definition) is 6. The molecule has 156 valence electrons. The van der Waals surface area contributed by atoms with Crippen molar-refractivity contribution in [2.75, 3.05) is 31.1 Å². The average Bonchev–Trinajstić information content (AvgIpc) is 3.44. The number of amides is 1. The second kappa shape index (κ2) is 9.71. The number of rotatable bonds is 8. The van der Waals surface area contributed by atoms with Gasteiger partial charge in [0.1, 0.15) is 0 Å². The maximum Gasteiger partial charge on any atom is 0.220 e. The van der Waals surface area contributed by atoms with Crippen molar-refractivity contribution in [3.8, 4) is 11.4 Å². The maximum atomic E-state index is 12.4. The Morgan fingerprint density at radius 2 is 1.90 bits per heavy atom. The zero-order chi connectivity index (χ0) is 19.9. The van der Waals surface area contributed by atoms with Gasteiger partial charge in [0, 0.05) is 48.7 Å². The molecule has 0 unspecified atom stereocenters. The van der Waals surface area contributed by atoms with Crippen LogP contribution in [0.1, 0.15) is 38.5 Å². The van der Waals surface area contributed by atoms with Gasteiger partial charge in [0.05, 0.1) is 6.54 Å². The zero-order valence-corrected chi connectivity index (χ0v) is 17.7. The van der Waals surface area contributed by atoms with Gasteiger partial charge in [-0.3, -0.25) is 9.69 Å². The summed E-state index contributed by atoms with van der Waals surface area (Å²) >= 11 is 2.04. The Morgan fingerprint density at radius 1 is 1.14 bits per heavy atom. The van der Waals surface area contributed by atoms with Crippen molar-refractivity contribution in [1.82, 2.24) is 30.4 Å². The molecule has 0 atom stereocenters. The minimum absolute atomic E-state index is 0.131. The van der Waals surface area contributed by atoms with Crippen molar-refractivity contribution in [1.29, 1.82) is 0 Å². The summed E-state index contributed by atoms with van der Waals surface area (Å²) in [6.45, 7) is 3.70. The van der Waals surface area contributed by atoms with Crippen LogP contribution in [0.5, 0.6) is 0 Å². The molecular weight excluding hydrogens is 384 g/mol.